The number of aryl methyl sites for hydroxylation is 1. The molecule has 1 aromatic rings. The molecular weight excluding hydrogens is 244 g/mol. The summed E-state index contributed by atoms with van der Waals surface area (Å²) in [5.74, 6) is 0. The minimum Gasteiger partial charge on any atom is -0.368 e. The number of ether oxygens (including phenoxy) is 1. The molecule has 1 saturated heterocycles. The highest BCUT2D eigenvalue weighted by Crippen LogP contribution is 2.37. The van der Waals surface area contributed by atoms with Crippen molar-refractivity contribution < 1.29 is 4.74 Å². The van der Waals surface area contributed by atoms with Crippen LogP contribution in [0.15, 0.2) is 0 Å². The zero-order valence-electron chi connectivity index (χ0n) is 11.9. The first-order valence-corrected chi connectivity index (χ1v) is 7.67. The van der Waals surface area contributed by atoms with Crippen LogP contribution in [0.1, 0.15) is 55.6 Å². The van der Waals surface area contributed by atoms with E-state index in [0.717, 1.165) is 30.3 Å². The Morgan fingerprint density at radius 1 is 1.44 bits per heavy atom. The summed E-state index contributed by atoms with van der Waals surface area (Å²) in [4.78, 5) is 6.08. The zero-order chi connectivity index (χ0) is 13.2. The van der Waals surface area contributed by atoms with Gasteiger partial charge in [-0.25, -0.2) is 4.98 Å². The fourth-order valence-electron chi connectivity index (χ4n) is 2.22. The molecular formula is C14H24N2OS. The predicted octanol–water partition coefficient (Wildman–Crippen LogP) is 3.37. The van der Waals surface area contributed by atoms with Crippen molar-refractivity contribution in [1.29, 1.82) is 0 Å². The van der Waals surface area contributed by atoms with E-state index >= 15 is 0 Å². The number of rotatable bonds is 4. The average Bonchev–Trinajstić information content (AvgIpc) is 2.70. The predicted molar refractivity (Wildman–Crippen MR) is 76.0 cm³/mol. The van der Waals surface area contributed by atoms with Gasteiger partial charge < -0.3 is 10.1 Å². The Morgan fingerprint density at radius 2 is 2.22 bits per heavy atom. The lowest BCUT2D eigenvalue weighted by molar-refractivity contribution is -0.0702. The molecule has 0 aliphatic carbocycles. The second-order valence-corrected chi connectivity index (χ2v) is 6.68. The molecule has 3 nitrogen and oxygen atoms in total. The van der Waals surface area contributed by atoms with Crippen LogP contribution in [-0.2, 0) is 16.9 Å². The Hall–Kier alpha value is -0.450. The van der Waals surface area contributed by atoms with E-state index in [1.807, 2.05) is 11.3 Å². The minimum absolute atomic E-state index is 0.149. The maximum absolute atomic E-state index is 5.97. The van der Waals surface area contributed by atoms with Crippen molar-refractivity contribution in [3.63, 3.8) is 0 Å². The SMILES string of the molecule is Cc1nc(C2(C)CCCCO2)sc1CNC(C)C. The van der Waals surface area contributed by atoms with Gasteiger partial charge in [-0.1, -0.05) is 13.8 Å². The summed E-state index contributed by atoms with van der Waals surface area (Å²) in [6.07, 6.45) is 3.52. The standard InChI is InChI=1S/C14H24N2OS/c1-10(2)15-9-12-11(3)16-13(18-12)14(4)7-5-6-8-17-14/h10,15H,5-9H2,1-4H3. The van der Waals surface area contributed by atoms with Crippen molar-refractivity contribution >= 4 is 11.3 Å². The monoisotopic (exact) mass is 268 g/mol. The Kier molecular flexibility index (Phi) is 4.41. The van der Waals surface area contributed by atoms with Crippen molar-refractivity contribution in [2.45, 2.75) is 65.1 Å². The first kappa shape index (κ1) is 14.0. The summed E-state index contributed by atoms with van der Waals surface area (Å²) >= 11 is 1.81. The number of hydrogen-bond acceptors (Lipinski definition) is 4. The summed E-state index contributed by atoms with van der Waals surface area (Å²) < 4.78 is 5.97. The lowest BCUT2D eigenvalue weighted by Gasteiger charge is -2.31. The van der Waals surface area contributed by atoms with Crippen LogP contribution in [-0.4, -0.2) is 17.6 Å². The van der Waals surface area contributed by atoms with Gasteiger partial charge in [0, 0.05) is 24.1 Å². The highest BCUT2D eigenvalue weighted by atomic mass is 32.1. The van der Waals surface area contributed by atoms with E-state index in [9.17, 15) is 0 Å². The Morgan fingerprint density at radius 3 is 2.83 bits per heavy atom. The molecule has 2 rings (SSSR count). The molecule has 1 aliphatic rings. The average molecular weight is 268 g/mol. The first-order valence-electron chi connectivity index (χ1n) is 6.85. The Bertz CT molecular complexity index is 394. The zero-order valence-corrected chi connectivity index (χ0v) is 12.7. The largest absolute Gasteiger partial charge is 0.368 e. The Labute approximate surface area is 114 Å². The van der Waals surface area contributed by atoms with Gasteiger partial charge in [0.25, 0.3) is 0 Å². The maximum atomic E-state index is 5.97. The molecule has 2 heterocycles. The van der Waals surface area contributed by atoms with Gasteiger partial charge in [0.2, 0.25) is 0 Å². The van der Waals surface area contributed by atoms with E-state index in [2.05, 4.69) is 33.0 Å². The van der Waals surface area contributed by atoms with E-state index in [1.54, 1.807) is 0 Å². The number of nitrogens with one attached hydrogen (secondary N) is 1. The fourth-order valence-corrected chi connectivity index (χ4v) is 3.36. The highest BCUT2D eigenvalue weighted by Gasteiger charge is 2.33. The second-order valence-electron chi connectivity index (χ2n) is 5.60. The summed E-state index contributed by atoms with van der Waals surface area (Å²) in [5, 5.41) is 4.61. The van der Waals surface area contributed by atoms with Crippen LogP contribution in [0, 0.1) is 6.92 Å². The van der Waals surface area contributed by atoms with E-state index in [1.165, 1.54) is 17.7 Å². The quantitative estimate of drug-likeness (QED) is 0.909. The molecule has 0 bridgehead atoms. The van der Waals surface area contributed by atoms with Gasteiger partial charge in [-0.2, -0.15) is 0 Å². The molecule has 0 saturated carbocycles. The molecule has 0 amide bonds. The molecule has 4 heteroatoms. The number of aromatic nitrogens is 1. The van der Waals surface area contributed by atoms with Crippen LogP contribution in [0.3, 0.4) is 0 Å². The van der Waals surface area contributed by atoms with Gasteiger partial charge >= 0.3 is 0 Å². The Balaban J connectivity index is 2.12. The number of hydrogen-bond donors (Lipinski definition) is 1. The molecule has 0 radical (unpaired) electrons. The fraction of sp³-hybridized carbons (Fsp3) is 0.786. The van der Waals surface area contributed by atoms with Gasteiger partial charge in [0.15, 0.2) is 0 Å². The molecule has 1 unspecified atom stereocenters. The molecule has 102 valence electrons. The number of thiazole rings is 1. The van der Waals surface area contributed by atoms with E-state index in [0.29, 0.717) is 6.04 Å². The molecule has 1 N–H and O–H groups in total. The van der Waals surface area contributed by atoms with E-state index in [-0.39, 0.29) is 5.60 Å². The van der Waals surface area contributed by atoms with Crippen molar-refractivity contribution in [2.24, 2.45) is 0 Å². The van der Waals surface area contributed by atoms with Crippen molar-refractivity contribution in [3.05, 3.63) is 15.6 Å². The molecule has 18 heavy (non-hydrogen) atoms. The van der Waals surface area contributed by atoms with Crippen LogP contribution >= 0.6 is 11.3 Å². The summed E-state index contributed by atoms with van der Waals surface area (Å²) in [7, 11) is 0. The van der Waals surface area contributed by atoms with Crippen LogP contribution in [0.5, 0.6) is 0 Å². The molecule has 1 atom stereocenters. The van der Waals surface area contributed by atoms with E-state index in [4.69, 9.17) is 9.72 Å². The van der Waals surface area contributed by atoms with Gasteiger partial charge in [0.1, 0.15) is 10.6 Å². The van der Waals surface area contributed by atoms with Gasteiger partial charge in [-0.15, -0.1) is 11.3 Å². The molecule has 1 fully saturated rings. The lowest BCUT2D eigenvalue weighted by atomic mass is 9.97. The molecule has 0 aromatic carbocycles. The van der Waals surface area contributed by atoms with Crippen LogP contribution in [0.25, 0.3) is 0 Å². The van der Waals surface area contributed by atoms with Gasteiger partial charge in [-0.05, 0) is 33.1 Å². The van der Waals surface area contributed by atoms with Crippen molar-refractivity contribution in [3.8, 4) is 0 Å². The molecule has 1 aromatic heterocycles. The van der Waals surface area contributed by atoms with Crippen molar-refractivity contribution in [1.82, 2.24) is 10.3 Å². The van der Waals surface area contributed by atoms with Gasteiger partial charge in [-0.3, -0.25) is 0 Å². The lowest BCUT2D eigenvalue weighted by Crippen LogP contribution is -2.29. The molecule has 0 spiro atoms. The highest BCUT2D eigenvalue weighted by molar-refractivity contribution is 7.11. The minimum atomic E-state index is -0.149. The number of nitrogens with zero attached hydrogens (tertiary/aromatic N) is 1. The van der Waals surface area contributed by atoms with E-state index < -0.39 is 0 Å². The second kappa shape index (κ2) is 5.68. The third-order valence-electron chi connectivity index (χ3n) is 3.48. The van der Waals surface area contributed by atoms with Crippen molar-refractivity contribution in [2.75, 3.05) is 6.61 Å². The summed E-state index contributed by atoms with van der Waals surface area (Å²) in [6, 6.07) is 0.511. The van der Waals surface area contributed by atoms with Crippen LogP contribution in [0.4, 0.5) is 0 Å². The normalized spacial score (nSPS) is 24.7. The maximum Gasteiger partial charge on any atom is 0.125 e. The topological polar surface area (TPSA) is 34.1 Å². The molecule has 1 aliphatic heterocycles. The third kappa shape index (κ3) is 3.11. The summed E-state index contributed by atoms with van der Waals surface area (Å²) in [6.45, 7) is 10.4. The van der Waals surface area contributed by atoms with Crippen LogP contribution < -0.4 is 5.32 Å². The smallest absolute Gasteiger partial charge is 0.125 e. The van der Waals surface area contributed by atoms with Crippen LogP contribution in [0.2, 0.25) is 0 Å². The third-order valence-corrected chi connectivity index (χ3v) is 4.89. The first-order chi connectivity index (χ1) is 8.51. The van der Waals surface area contributed by atoms with Gasteiger partial charge in [0.05, 0.1) is 5.69 Å². The summed E-state index contributed by atoms with van der Waals surface area (Å²) in [5.41, 5.74) is 1.00.